The van der Waals surface area contributed by atoms with Gasteiger partial charge in [-0.2, -0.15) is 5.26 Å². The first-order chi connectivity index (χ1) is 19.2. The molecule has 0 aromatic heterocycles. The molecule has 3 aromatic carbocycles. The monoisotopic (exact) mass is 543 g/mol. The highest BCUT2D eigenvalue weighted by molar-refractivity contribution is 6.02. The van der Waals surface area contributed by atoms with Crippen LogP contribution in [0.2, 0.25) is 0 Å². The second kappa shape index (κ2) is 11.4. The van der Waals surface area contributed by atoms with E-state index in [4.69, 9.17) is 0 Å². The molecular weight excluding hydrogens is 512 g/mol. The lowest BCUT2D eigenvalue weighted by Crippen LogP contribution is -2.52. The summed E-state index contributed by atoms with van der Waals surface area (Å²) in [6.45, 7) is 8.27. The van der Waals surface area contributed by atoms with Gasteiger partial charge in [-0.25, -0.2) is 8.78 Å². The Hall–Kier alpha value is -4.29. The predicted molar refractivity (Wildman–Crippen MR) is 149 cm³/mol. The van der Waals surface area contributed by atoms with Crippen LogP contribution in [0.15, 0.2) is 54.6 Å². The van der Waals surface area contributed by atoms with Crippen molar-refractivity contribution in [2.24, 2.45) is 0 Å². The zero-order chi connectivity index (χ0) is 28.4. The van der Waals surface area contributed by atoms with Crippen LogP contribution >= 0.6 is 0 Å². The number of carbonyl (C=O) groups excluding carboxylic acids is 2. The van der Waals surface area contributed by atoms with Crippen molar-refractivity contribution in [2.75, 3.05) is 55.6 Å². The van der Waals surface area contributed by atoms with Gasteiger partial charge in [0.25, 0.3) is 5.91 Å². The van der Waals surface area contributed by atoms with E-state index in [2.05, 4.69) is 15.9 Å². The summed E-state index contributed by atoms with van der Waals surface area (Å²) in [5, 5.41) is 9.45. The standard InChI is InChI=1S/C31H31F2N5O2/c1-21-15-22(2)26(31(40)37-13-14-38(30(39)20-37)25-7-8-27(32)28(33)17-25)16-24(21)19-35-9-11-36(12-10-35)29-6-4-3-5-23(29)18-34/h3-8,15-17H,9-14,19-20H2,1-2H3. The average Bonchev–Trinajstić information content (AvgIpc) is 2.96. The fourth-order valence-corrected chi connectivity index (χ4v) is 5.47. The van der Waals surface area contributed by atoms with Crippen LogP contribution in [0.4, 0.5) is 20.2 Å². The van der Waals surface area contributed by atoms with E-state index in [0.717, 1.165) is 60.7 Å². The van der Waals surface area contributed by atoms with Gasteiger partial charge in [0.1, 0.15) is 12.6 Å². The molecule has 9 heteroatoms. The van der Waals surface area contributed by atoms with Crippen molar-refractivity contribution in [3.8, 4) is 6.07 Å². The van der Waals surface area contributed by atoms with Crippen LogP contribution in [-0.4, -0.2) is 67.4 Å². The molecular formula is C31H31F2N5O2. The predicted octanol–water partition coefficient (Wildman–Crippen LogP) is 4.26. The molecule has 0 atom stereocenters. The number of nitriles is 1. The maximum atomic E-state index is 13.7. The number of hydrogen-bond acceptors (Lipinski definition) is 5. The van der Waals surface area contributed by atoms with Gasteiger partial charge in [0.15, 0.2) is 11.6 Å². The minimum Gasteiger partial charge on any atom is -0.368 e. The summed E-state index contributed by atoms with van der Waals surface area (Å²) in [6, 6.07) is 17.2. The maximum absolute atomic E-state index is 13.7. The Labute approximate surface area is 232 Å². The van der Waals surface area contributed by atoms with Gasteiger partial charge >= 0.3 is 0 Å². The lowest BCUT2D eigenvalue weighted by atomic mass is 9.98. The number of hydrogen-bond donors (Lipinski definition) is 0. The number of nitrogens with zero attached hydrogens (tertiary/aromatic N) is 5. The topological polar surface area (TPSA) is 70.9 Å². The lowest BCUT2D eigenvalue weighted by Gasteiger charge is -2.37. The molecule has 0 radical (unpaired) electrons. The van der Waals surface area contributed by atoms with Gasteiger partial charge in [-0.1, -0.05) is 18.2 Å². The van der Waals surface area contributed by atoms with Crippen molar-refractivity contribution in [3.05, 3.63) is 94.0 Å². The summed E-state index contributed by atoms with van der Waals surface area (Å²) in [6.07, 6.45) is 0. The fourth-order valence-electron chi connectivity index (χ4n) is 5.47. The largest absolute Gasteiger partial charge is 0.368 e. The number of benzene rings is 3. The van der Waals surface area contributed by atoms with E-state index >= 15 is 0 Å². The molecule has 40 heavy (non-hydrogen) atoms. The number of amides is 2. The number of aryl methyl sites for hydroxylation is 2. The summed E-state index contributed by atoms with van der Waals surface area (Å²) in [5.74, 6) is -2.54. The number of carbonyl (C=O) groups is 2. The van der Waals surface area contributed by atoms with Crippen molar-refractivity contribution in [2.45, 2.75) is 20.4 Å². The Morgan fingerprint density at radius 1 is 0.900 bits per heavy atom. The molecule has 0 spiro atoms. The number of halogens is 2. The van der Waals surface area contributed by atoms with Gasteiger partial charge in [-0.3, -0.25) is 14.5 Å². The molecule has 0 bridgehead atoms. The highest BCUT2D eigenvalue weighted by atomic mass is 19.2. The fraction of sp³-hybridized carbons (Fsp3) is 0.323. The molecule has 5 rings (SSSR count). The van der Waals surface area contributed by atoms with Crippen molar-refractivity contribution >= 4 is 23.2 Å². The molecule has 0 saturated carbocycles. The first-order valence-corrected chi connectivity index (χ1v) is 13.4. The molecule has 2 heterocycles. The van der Waals surface area contributed by atoms with Gasteiger partial charge in [-0.15, -0.1) is 0 Å². The Morgan fingerprint density at radius 2 is 1.65 bits per heavy atom. The van der Waals surface area contributed by atoms with E-state index in [9.17, 15) is 23.6 Å². The number of para-hydroxylation sites is 1. The van der Waals surface area contributed by atoms with Gasteiger partial charge in [0, 0.05) is 63.1 Å². The van der Waals surface area contributed by atoms with E-state index in [0.29, 0.717) is 24.2 Å². The molecule has 7 nitrogen and oxygen atoms in total. The van der Waals surface area contributed by atoms with Crippen LogP contribution in [0.3, 0.4) is 0 Å². The third-order valence-electron chi connectivity index (χ3n) is 7.77. The van der Waals surface area contributed by atoms with E-state index in [1.54, 1.807) is 0 Å². The first-order valence-electron chi connectivity index (χ1n) is 13.4. The molecule has 3 aromatic rings. The maximum Gasteiger partial charge on any atom is 0.254 e. The highest BCUT2D eigenvalue weighted by Crippen LogP contribution is 2.25. The minimum absolute atomic E-state index is 0.132. The Balaban J connectivity index is 1.25. The molecule has 0 aliphatic carbocycles. The van der Waals surface area contributed by atoms with Gasteiger partial charge in [0.2, 0.25) is 5.91 Å². The molecule has 2 saturated heterocycles. The lowest BCUT2D eigenvalue weighted by molar-refractivity contribution is -0.120. The van der Waals surface area contributed by atoms with Gasteiger partial charge < -0.3 is 14.7 Å². The smallest absolute Gasteiger partial charge is 0.254 e. The van der Waals surface area contributed by atoms with Crippen LogP contribution < -0.4 is 9.80 Å². The van der Waals surface area contributed by atoms with E-state index in [1.165, 1.54) is 15.9 Å². The highest BCUT2D eigenvalue weighted by Gasteiger charge is 2.30. The van der Waals surface area contributed by atoms with Crippen molar-refractivity contribution < 1.29 is 18.4 Å². The summed E-state index contributed by atoms with van der Waals surface area (Å²) in [7, 11) is 0. The second-order valence-corrected chi connectivity index (χ2v) is 10.4. The first kappa shape index (κ1) is 27.3. The summed E-state index contributed by atoms with van der Waals surface area (Å²) >= 11 is 0. The molecule has 206 valence electrons. The van der Waals surface area contributed by atoms with Crippen molar-refractivity contribution in [1.29, 1.82) is 5.26 Å². The van der Waals surface area contributed by atoms with Crippen LogP contribution in [-0.2, 0) is 11.3 Å². The molecule has 2 amide bonds. The van der Waals surface area contributed by atoms with Crippen LogP contribution in [0.5, 0.6) is 0 Å². The second-order valence-electron chi connectivity index (χ2n) is 10.4. The molecule has 2 aliphatic heterocycles. The average molecular weight is 544 g/mol. The zero-order valence-electron chi connectivity index (χ0n) is 22.7. The van der Waals surface area contributed by atoms with Crippen LogP contribution in [0, 0.1) is 36.8 Å². The number of piperazine rings is 2. The van der Waals surface area contributed by atoms with E-state index in [-0.39, 0.29) is 30.6 Å². The third-order valence-corrected chi connectivity index (χ3v) is 7.77. The number of anilines is 2. The van der Waals surface area contributed by atoms with Crippen molar-refractivity contribution in [1.82, 2.24) is 9.80 Å². The quantitative estimate of drug-likeness (QED) is 0.481. The van der Waals surface area contributed by atoms with Crippen LogP contribution in [0.1, 0.15) is 32.6 Å². The van der Waals surface area contributed by atoms with Crippen LogP contribution in [0.25, 0.3) is 0 Å². The Bertz CT molecular complexity index is 1490. The molecule has 2 fully saturated rings. The zero-order valence-corrected chi connectivity index (χ0v) is 22.7. The number of rotatable bonds is 5. The van der Waals surface area contributed by atoms with Gasteiger partial charge in [-0.05, 0) is 60.9 Å². The molecule has 2 aliphatic rings. The third kappa shape index (κ3) is 5.54. The molecule has 0 unspecified atom stereocenters. The Morgan fingerprint density at radius 3 is 2.35 bits per heavy atom. The van der Waals surface area contributed by atoms with Gasteiger partial charge in [0.05, 0.1) is 11.3 Å². The van der Waals surface area contributed by atoms with Crippen molar-refractivity contribution in [3.63, 3.8) is 0 Å². The van der Waals surface area contributed by atoms with E-state index < -0.39 is 11.6 Å². The summed E-state index contributed by atoms with van der Waals surface area (Å²) in [4.78, 5) is 33.9. The Kier molecular flexibility index (Phi) is 7.81. The summed E-state index contributed by atoms with van der Waals surface area (Å²) in [5.41, 5.74) is 5.50. The molecule has 0 N–H and O–H groups in total. The van der Waals surface area contributed by atoms with E-state index in [1.807, 2.05) is 50.2 Å². The normalized spacial score (nSPS) is 16.3. The summed E-state index contributed by atoms with van der Waals surface area (Å²) < 4.78 is 27.0. The minimum atomic E-state index is -1.01. The SMILES string of the molecule is Cc1cc(C)c(C(=O)N2CCN(c3ccc(F)c(F)c3)C(=O)C2)cc1CN1CCN(c2ccccc2C#N)CC1.